The number of anilines is 3. The molecular formula is C57H39NOS. The molecule has 0 amide bonds. The summed E-state index contributed by atoms with van der Waals surface area (Å²) in [6, 6.07) is 73.0. The Morgan fingerprint density at radius 1 is 0.400 bits per heavy atom. The van der Waals surface area contributed by atoms with E-state index in [0.29, 0.717) is 0 Å². The Bertz CT molecular complexity index is 3440. The molecule has 2 aromatic heterocycles. The summed E-state index contributed by atoms with van der Waals surface area (Å²) in [5.74, 6) is 0. The number of furan rings is 1. The van der Waals surface area contributed by atoms with Gasteiger partial charge >= 0.3 is 0 Å². The van der Waals surface area contributed by atoms with Gasteiger partial charge in [-0.05, 0) is 111 Å². The van der Waals surface area contributed by atoms with Gasteiger partial charge in [0, 0.05) is 59.0 Å². The third-order valence-corrected chi connectivity index (χ3v) is 13.9. The molecule has 60 heavy (non-hydrogen) atoms. The SMILES string of the molecule is CC1(C)c2ccccc2-c2cc(-c3ccc(N(c4ccc(-c5cccc6c5oc5ccccc56)cc4)c4ccc(-c5cccc6sc7ccccc7c56)cc4)cc3)ccc21. The lowest BCUT2D eigenvalue weighted by molar-refractivity contribution is 0.660. The van der Waals surface area contributed by atoms with Crippen LogP contribution in [-0.4, -0.2) is 0 Å². The highest BCUT2D eigenvalue weighted by atomic mass is 32.1. The van der Waals surface area contributed by atoms with Crippen LogP contribution in [0.4, 0.5) is 17.1 Å². The van der Waals surface area contributed by atoms with Gasteiger partial charge in [0.1, 0.15) is 11.2 Å². The lowest BCUT2D eigenvalue weighted by Crippen LogP contribution is -2.14. The fourth-order valence-electron chi connectivity index (χ4n) is 9.72. The first-order chi connectivity index (χ1) is 29.5. The first-order valence-corrected chi connectivity index (χ1v) is 21.5. The van der Waals surface area contributed by atoms with Crippen molar-refractivity contribution in [2.75, 3.05) is 4.90 Å². The van der Waals surface area contributed by atoms with Gasteiger partial charge in [-0.3, -0.25) is 0 Å². The summed E-state index contributed by atoms with van der Waals surface area (Å²) in [4.78, 5) is 2.36. The molecule has 0 bridgehead atoms. The predicted molar refractivity (Wildman–Crippen MR) is 255 cm³/mol. The molecule has 12 rings (SSSR count). The normalized spacial score (nSPS) is 13.0. The minimum Gasteiger partial charge on any atom is -0.455 e. The lowest BCUT2D eigenvalue weighted by atomic mass is 9.82. The highest BCUT2D eigenvalue weighted by Gasteiger charge is 2.35. The van der Waals surface area contributed by atoms with Gasteiger partial charge in [-0.2, -0.15) is 0 Å². The largest absolute Gasteiger partial charge is 0.455 e. The molecule has 2 heterocycles. The number of rotatable bonds is 6. The third kappa shape index (κ3) is 5.40. The second kappa shape index (κ2) is 13.4. The van der Waals surface area contributed by atoms with Crippen LogP contribution in [-0.2, 0) is 5.41 Å². The molecule has 1 aliphatic rings. The second-order valence-electron chi connectivity index (χ2n) is 16.5. The predicted octanol–water partition coefficient (Wildman–Crippen LogP) is 16.7. The van der Waals surface area contributed by atoms with E-state index < -0.39 is 0 Å². The van der Waals surface area contributed by atoms with E-state index in [9.17, 15) is 0 Å². The van der Waals surface area contributed by atoms with Gasteiger partial charge in [0.2, 0.25) is 0 Å². The lowest BCUT2D eigenvalue weighted by Gasteiger charge is -2.26. The number of hydrogen-bond donors (Lipinski definition) is 0. The van der Waals surface area contributed by atoms with Crippen LogP contribution in [0.3, 0.4) is 0 Å². The second-order valence-corrected chi connectivity index (χ2v) is 17.5. The highest BCUT2D eigenvalue weighted by molar-refractivity contribution is 7.25. The van der Waals surface area contributed by atoms with Gasteiger partial charge < -0.3 is 9.32 Å². The summed E-state index contributed by atoms with van der Waals surface area (Å²) in [6.07, 6.45) is 0. The molecule has 3 heteroatoms. The molecule has 0 aliphatic heterocycles. The molecule has 0 N–H and O–H groups in total. The number of nitrogens with zero attached hydrogens (tertiary/aromatic N) is 1. The fraction of sp³-hybridized carbons (Fsp3) is 0.0526. The first kappa shape index (κ1) is 34.8. The van der Waals surface area contributed by atoms with Crippen LogP contribution in [0.25, 0.3) is 86.6 Å². The van der Waals surface area contributed by atoms with Crippen LogP contribution in [0.1, 0.15) is 25.0 Å². The zero-order valence-electron chi connectivity index (χ0n) is 33.3. The summed E-state index contributed by atoms with van der Waals surface area (Å²) in [5, 5.41) is 4.91. The molecule has 0 spiro atoms. The molecule has 0 saturated heterocycles. The van der Waals surface area contributed by atoms with E-state index >= 15 is 0 Å². The van der Waals surface area contributed by atoms with Crippen LogP contribution in [0.5, 0.6) is 0 Å². The minimum absolute atomic E-state index is 0.0114. The Labute approximate surface area is 353 Å². The summed E-state index contributed by atoms with van der Waals surface area (Å²) in [7, 11) is 0. The quantitative estimate of drug-likeness (QED) is 0.167. The third-order valence-electron chi connectivity index (χ3n) is 12.7. The number of para-hydroxylation sites is 2. The van der Waals surface area contributed by atoms with E-state index in [-0.39, 0.29) is 5.41 Å². The van der Waals surface area contributed by atoms with Gasteiger partial charge in [-0.1, -0.05) is 153 Å². The summed E-state index contributed by atoms with van der Waals surface area (Å²) >= 11 is 1.86. The fourth-order valence-corrected chi connectivity index (χ4v) is 10.9. The average Bonchev–Trinajstić information content (AvgIpc) is 3.95. The van der Waals surface area contributed by atoms with Crippen LogP contribution in [0.15, 0.2) is 205 Å². The van der Waals surface area contributed by atoms with Crippen molar-refractivity contribution in [2.24, 2.45) is 0 Å². The number of thiophene rings is 1. The van der Waals surface area contributed by atoms with E-state index in [1.54, 1.807) is 0 Å². The molecule has 0 unspecified atom stereocenters. The Morgan fingerprint density at radius 3 is 1.70 bits per heavy atom. The molecule has 284 valence electrons. The standard InChI is InChI=1S/C57H39NOS/c1-57(2)50-17-6-3-11-45(50)49-35-39(27-34-51(49)57)36-21-28-40(29-22-36)58(41-30-23-37(24-31-41)43-14-10-20-54-55(43)48-13-5-8-19-53(48)60-54)42-32-25-38(26-33-42)44-15-9-16-47-46-12-4-7-18-52(46)59-56(44)47/h3-35H,1-2H3. The van der Waals surface area contributed by atoms with Gasteiger partial charge in [0.15, 0.2) is 0 Å². The van der Waals surface area contributed by atoms with Gasteiger partial charge in [-0.15, -0.1) is 11.3 Å². The van der Waals surface area contributed by atoms with E-state index in [4.69, 9.17) is 4.42 Å². The van der Waals surface area contributed by atoms with Crippen molar-refractivity contribution in [1.82, 2.24) is 0 Å². The van der Waals surface area contributed by atoms with Crippen molar-refractivity contribution in [1.29, 1.82) is 0 Å². The van der Waals surface area contributed by atoms with Gasteiger partial charge in [0.25, 0.3) is 0 Å². The number of benzene rings is 9. The highest BCUT2D eigenvalue weighted by Crippen LogP contribution is 2.50. The molecule has 11 aromatic rings. The molecule has 0 saturated carbocycles. The maximum Gasteiger partial charge on any atom is 0.143 e. The molecule has 9 aromatic carbocycles. The molecule has 0 atom stereocenters. The number of fused-ring (bicyclic) bond motifs is 9. The molecule has 0 fully saturated rings. The maximum atomic E-state index is 6.44. The van der Waals surface area contributed by atoms with Gasteiger partial charge in [0.05, 0.1) is 0 Å². The number of hydrogen-bond acceptors (Lipinski definition) is 3. The summed E-state index contributed by atoms with van der Waals surface area (Å²) in [5.41, 5.74) is 17.7. The Morgan fingerprint density at radius 2 is 0.933 bits per heavy atom. The van der Waals surface area contributed by atoms with Crippen LogP contribution >= 0.6 is 11.3 Å². The van der Waals surface area contributed by atoms with E-state index in [0.717, 1.165) is 50.1 Å². The molecule has 2 nitrogen and oxygen atoms in total. The zero-order chi connectivity index (χ0) is 40.0. The summed E-state index contributed by atoms with van der Waals surface area (Å²) < 4.78 is 9.07. The smallest absolute Gasteiger partial charge is 0.143 e. The van der Waals surface area contributed by atoms with Crippen molar-refractivity contribution in [3.8, 4) is 44.5 Å². The van der Waals surface area contributed by atoms with Crippen molar-refractivity contribution in [3.05, 3.63) is 211 Å². The van der Waals surface area contributed by atoms with Gasteiger partial charge in [-0.25, -0.2) is 0 Å². The van der Waals surface area contributed by atoms with Crippen LogP contribution in [0.2, 0.25) is 0 Å². The molecular weight excluding hydrogens is 747 g/mol. The van der Waals surface area contributed by atoms with Crippen LogP contribution in [0, 0.1) is 0 Å². The molecule has 1 aliphatic carbocycles. The topological polar surface area (TPSA) is 16.4 Å². The minimum atomic E-state index is -0.0114. The Kier molecular flexibility index (Phi) is 7.79. The van der Waals surface area contributed by atoms with E-state index in [1.807, 2.05) is 23.5 Å². The Balaban J connectivity index is 0.944. The zero-order valence-corrected chi connectivity index (χ0v) is 34.1. The average molecular weight is 786 g/mol. The first-order valence-electron chi connectivity index (χ1n) is 20.7. The molecule has 0 radical (unpaired) electrons. The van der Waals surface area contributed by atoms with Crippen molar-refractivity contribution < 1.29 is 4.42 Å². The van der Waals surface area contributed by atoms with Crippen molar-refractivity contribution in [3.63, 3.8) is 0 Å². The summed E-state index contributed by atoms with van der Waals surface area (Å²) in [6.45, 7) is 4.67. The van der Waals surface area contributed by atoms with E-state index in [2.05, 4.69) is 207 Å². The van der Waals surface area contributed by atoms with Crippen molar-refractivity contribution in [2.45, 2.75) is 19.3 Å². The monoisotopic (exact) mass is 785 g/mol. The Hall–Kier alpha value is -7.20. The maximum absolute atomic E-state index is 6.44. The van der Waals surface area contributed by atoms with Crippen LogP contribution < -0.4 is 4.90 Å². The van der Waals surface area contributed by atoms with E-state index in [1.165, 1.54) is 64.7 Å². The van der Waals surface area contributed by atoms with Crippen molar-refractivity contribution >= 4 is 70.5 Å².